The highest BCUT2D eigenvalue weighted by Gasteiger charge is 2.42. The lowest BCUT2D eigenvalue weighted by Gasteiger charge is -2.25. The van der Waals surface area contributed by atoms with Crippen LogP contribution in [0.15, 0.2) is 57.7 Å². The standard InChI is InChI=1S/C23H23NO4/c1-14(2)15-8-10-16(11-9-15)20-19-21(25)17-6-4-5-7-18(17)28-22(19)23(26)24(20)12-13-27-3/h4-11,14,20H,12-13H2,1-3H3. The number of hydrogen-bond donors (Lipinski definition) is 0. The van der Waals surface area contributed by atoms with E-state index in [0.717, 1.165) is 5.56 Å². The third kappa shape index (κ3) is 2.92. The Morgan fingerprint density at radius 3 is 2.46 bits per heavy atom. The summed E-state index contributed by atoms with van der Waals surface area (Å²) in [5, 5.41) is 0.492. The Balaban J connectivity index is 1.91. The summed E-state index contributed by atoms with van der Waals surface area (Å²) in [5.41, 5.74) is 2.81. The van der Waals surface area contributed by atoms with E-state index in [4.69, 9.17) is 9.15 Å². The number of fused-ring (bicyclic) bond motifs is 2. The fourth-order valence-corrected chi connectivity index (χ4v) is 3.80. The second-order valence-corrected chi connectivity index (χ2v) is 7.39. The zero-order chi connectivity index (χ0) is 19.8. The topological polar surface area (TPSA) is 59.8 Å². The van der Waals surface area contributed by atoms with Crippen LogP contribution >= 0.6 is 0 Å². The molecule has 3 aromatic rings. The van der Waals surface area contributed by atoms with Crippen molar-refractivity contribution in [1.82, 2.24) is 4.90 Å². The molecule has 4 rings (SSSR count). The molecule has 5 heteroatoms. The van der Waals surface area contributed by atoms with Crippen molar-refractivity contribution < 1.29 is 13.9 Å². The highest BCUT2D eigenvalue weighted by atomic mass is 16.5. The Kier molecular flexibility index (Phi) is 4.77. The third-order valence-electron chi connectivity index (χ3n) is 5.33. The van der Waals surface area contributed by atoms with E-state index in [-0.39, 0.29) is 17.1 Å². The van der Waals surface area contributed by atoms with Crippen LogP contribution in [-0.2, 0) is 4.74 Å². The number of ether oxygens (including phenoxy) is 1. The van der Waals surface area contributed by atoms with Gasteiger partial charge in [0.1, 0.15) is 5.58 Å². The van der Waals surface area contributed by atoms with Gasteiger partial charge in [0.05, 0.1) is 23.6 Å². The van der Waals surface area contributed by atoms with E-state index in [1.165, 1.54) is 5.56 Å². The van der Waals surface area contributed by atoms with Crippen molar-refractivity contribution in [2.75, 3.05) is 20.3 Å². The summed E-state index contributed by atoms with van der Waals surface area (Å²) in [7, 11) is 1.60. The van der Waals surface area contributed by atoms with Crippen LogP contribution in [0, 0.1) is 0 Å². The van der Waals surface area contributed by atoms with Crippen LogP contribution in [0.4, 0.5) is 0 Å². The average molecular weight is 377 g/mol. The van der Waals surface area contributed by atoms with E-state index in [2.05, 4.69) is 26.0 Å². The molecule has 0 N–H and O–H groups in total. The number of nitrogens with zero attached hydrogens (tertiary/aromatic N) is 1. The van der Waals surface area contributed by atoms with Crippen LogP contribution in [0.1, 0.15) is 53.1 Å². The van der Waals surface area contributed by atoms with E-state index >= 15 is 0 Å². The molecule has 0 saturated carbocycles. The molecule has 28 heavy (non-hydrogen) atoms. The average Bonchev–Trinajstić information content (AvgIpc) is 2.99. The maximum absolute atomic E-state index is 13.3. The summed E-state index contributed by atoms with van der Waals surface area (Å²) < 4.78 is 11.1. The number of benzene rings is 2. The van der Waals surface area contributed by atoms with Gasteiger partial charge in [0.2, 0.25) is 5.76 Å². The summed E-state index contributed by atoms with van der Waals surface area (Å²) >= 11 is 0. The van der Waals surface area contributed by atoms with Gasteiger partial charge in [0.15, 0.2) is 5.43 Å². The van der Waals surface area contributed by atoms with Crippen molar-refractivity contribution >= 4 is 16.9 Å². The minimum absolute atomic E-state index is 0.137. The van der Waals surface area contributed by atoms with E-state index in [1.807, 2.05) is 12.1 Å². The van der Waals surface area contributed by atoms with E-state index in [0.29, 0.717) is 35.6 Å². The Hall–Kier alpha value is -2.92. The van der Waals surface area contributed by atoms with E-state index in [9.17, 15) is 9.59 Å². The predicted molar refractivity (Wildman–Crippen MR) is 108 cm³/mol. The van der Waals surface area contributed by atoms with E-state index < -0.39 is 6.04 Å². The number of carbonyl (C=O) groups is 1. The van der Waals surface area contributed by atoms with Gasteiger partial charge in [-0.3, -0.25) is 9.59 Å². The molecule has 2 heterocycles. The van der Waals surface area contributed by atoms with Gasteiger partial charge in [-0.15, -0.1) is 0 Å². The van der Waals surface area contributed by atoms with Crippen LogP contribution in [0.3, 0.4) is 0 Å². The molecule has 0 bridgehead atoms. The fraction of sp³-hybridized carbons (Fsp3) is 0.304. The largest absolute Gasteiger partial charge is 0.450 e. The lowest BCUT2D eigenvalue weighted by Crippen LogP contribution is -2.32. The number of methoxy groups -OCH3 is 1. The van der Waals surface area contributed by atoms with Crippen molar-refractivity contribution in [1.29, 1.82) is 0 Å². The molecule has 0 fully saturated rings. The van der Waals surface area contributed by atoms with Crippen LogP contribution in [0.5, 0.6) is 0 Å². The molecule has 1 aliphatic heterocycles. The van der Waals surface area contributed by atoms with Crippen LogP contribution in [0.25, 0.3) is 11.0 Å². The number of hydrogen-bond acceptors (Lipinski definition) is 4. The summed E-state index contributed by atoms with van der Waals surface area (Å²) in [6, 6.07) is 14.7. The highest BCUT2D eigenvalue weighted by Crippen LogP contribution is 2.38. The first-order valence-electron chi connectivity index (χ1n) is 9.48. The summed E-state index contributed by atoms with van der Waals surface area (Å²) in [6.45, 7) is 5.03. The molecule has 0 spiro atoms. The number of amides is 1. The molecule has 2 aromatic carbocycles. The van der Waals surface area contributed by atoms with Crippen LogP contribution in [0.2, 0.25) is 0 Å². The molecule has 1 amide bonds. The zero-order valence-electron chi connectivity index (χ0n) is 16.3. The minimum atomic E-state index is -0.472. The lowest BCUT2D eigenvalue weighted by atomic mass is 9.95. The van der Waals surface area contributed by atoms with Gasteiger partial charge >= 0.3 is 0 Å². The normalized spacial score (nSPS) is 16.2. The van der Waals surface area contributed by atoms with Crippen molar-refractivity contribution in [2.24, 2.45) is 0 Å². The Labute approximate surface area is 163 Å². The quantitative estimate of drug-likeness (QED) is 0.671. The predicted octanol–water partition coefficient (Wildman–Crippen LogP) is 4.11. The molecule has 1 atom stereocenters. The molecular formula is C23H23NO4. The first kappa shape index (κ1) is 18.4. The summed E-state index contributed by atoms with van der Waals surface area (Å²) in [4.78, 5) is 28.0. The van der Waals surface area contributed by atoms with Crippen LogP contribution < -0.4 is 5.43 Å². The number of carbonyl (C=O) groups excluding carboxylic acids is 1. The maximum atomic E-state index is 13.3. The van der Waals surface area contributed by atoms with Gasteiger partial charge in [0, 0.05) is 13.7 Å². The molecule has 0 aliphatic carbocycles. The van der Waals surface area contributed by atoms with Gasteiger partial charge in [0.25, 0.3) is 5.91 Å². The van der Waals surface area contributed by atoms with Crippen LogP contribution in [-0.4, -0.2) is 31.1 Å². The SMILES string of the molecule is COCCN1C(=O)c2oc3ccccc3c(=O)c2C1c1ccc(C(C)C)cc1. The first-order chi connectivity index (χ1) is 13.5. The van der Waals surface area contributed by atoms with Gasteiger partial charge in [-0.1, -0.05) is 50.2 Å². The lowest BCUT2D eigenvalue weighted by molar-refractivity contribution is 0.0663. The molecule has 1 aromatic heterocycles. The Morgan fingerprint density at radius 2 is 1.79 bits per heavy atom. The molecular weight excluding hydrogens is 354 g/mol. The van der Waals surface area contributed by atoms with Gasteiger partial charge in [-0.25, -0.2) is 0 Å². The van der Waals surface area contributed by atoms with Crippen molar-refractivity contribution in [3.05, 3.63) is 81.2 Å². The molecule has 0 saturated heterocycles. The van der Waals surface area contributed by atoms with E-state index in [1.54, 1.807) is 36.3 Å². The Bertz CT molecular complexity index is 1080. The fourth-order valence-electron chi connectivity index (χ4n) is 3.80. The smallest absolute Gasteiger partial charge is 0.290 e. The van der Waals surface area contributed by atoms with Gasteiger partial charge in [-0.2, -0.15) is 0 Å². The van der Waals surface area contributed by atoms with Gasteiger partial charge < -0.3 is 14.1 Å². The van der Waals surface area contributed by atoms with Gasteiger partial charge in [-0.05, 0) is 29.2 Å². The monoisotopic (exact) mass is 377 g/mol. The molecule has 1 aliphatic rings. The first-order valence-corrected chi connectivity index (χ1v) is 9.48. The second-order valence-electron chi connectivity index (χ2n) is 7.39. The number of rotatable bonds is 5. The van der Waals surface area contributed by atoms with Crippen molar-refractivity contribution in [3.8, 4) is 0 Å². The maximum Gasteiger partial charge on any atom is 0.290 e. The minimum Gasteiger partial charge on any atom is -0.450 e. The molecule has 1 unspecified atom stereocenters. The highest BCUT2D eigenvalue weighted by molar-refractivity contribution is 5.99. The zero-order valence-corrected chi connectivity index (χ0v) is 16.3. The van der Waals surface area contributed by atoms with Crippen molar-refractivity contribution in [3.63, 3.8) is 0 Å². The Morgan fingerprint density at radius 1 is 1.07 bits per heavy atom. The molecule has 5 nitrogen and oxygen atoms in total. The third-order valence-corrected chi connectivity index (χ3v) is 5.33. The number of para-hydroxylation sites is 1. The van der Waals surface area contributed by atoms with Crippen molar-refractivity contribution in [2.45, 2.75) is 25.8 Å². The summed E-state index contributed by atoms with van der Waals surface area (Å²) in [6.07, 6.45) is 0. The summed E-state index contributed by atoms with van der Waals surface area (Å²) in [5.74, 6) is 0.274. The molecule has 144 valence electrons. The molecule has 0 radical (unpaired) electrons. The second kappa shape index (κ2) is 7.24.